The Morgan fingerprint density at radius 1 is 1.31 bits per heavy atom. The first-order valence-electron chi connectivity index (χ1n) is 9.67. The van der Waals surface area contributed by atoms with Crippen LogP contribution in [0.1, 0.15) is 32.6 Å². The van der Waals surface area contributed by atoms with Crippen molar-refractivity contribution in [1.29, 1.82) is 0 Å². The molecule has 0 amide bonds. The number of guanidine groups is 1. The van der Waals surface area contributed by atoms with E-state index in [2.05, 4.69) is 22.5 Å². The third-order valence-electron chi connectivity index (χ3n) is 4.31. The number of rotatable bonds is 11. The van der Waals surface area contributed by atoms with Crippen molar-refractivity contribution in [1.82, 2.24) is 10.6 Å². The minimum absolute atomic E-state index is 0.102. The largest absolute Gasteiger partial charge is 0.489 e. The van der Waals surface area contributed by atoms with Gasteiger partial charge >= 0.3 is 0 Å². The molecule has 2 unspecified atom stereocenters. The number of nitrogens with one attached hydrogen (secondary N) is 2. The van der Waals surface area contributed by atoms with Crippen LogP contribution in [0.4, 0.5) is 0 Å². The van der Waals surface area contributed by atoms with Crippen LogP contribution in [0.5, 0.6) is 5.75 Å². The molecule has 1 aliphatic rings. The van der Waals surface area contributed by atoms with Crippen LogP contribution in [0.25, 0.3) is 0 Å². The highest BCUT2D eigenvalue weighted by Gasteiger charge is 2.15. The highest BCUT2D eigenvalue weighted by Crippen LogP contribution is 2.12. The van der Waals surface area contributed by atoms with E-state index in [0.717, 1.165) is 57.2 Å². The van der Waals surface area contributed by atoms with Crippen molar-refractivity contribution >= 4 is 5.96 Å². The third kappa shape index (κ3) is 8.06. The maximum atomic E-state index is 5.99. The summed E-state index contributed by atoms with van der Waals surface area (Å²) >= 11 is 0. The molecule has 6 heteroatoms. The Hall–Kier alpha value is -1.79. The van der Waals surface area contributed by atoms with Gasteiger partial charge in [0.25, 0.3) is 0 Å². The predicted octanol–water partition coefficient (Wildman–Crippen LogP) is 2.59. The third-order valence-corrected chi connectivity index (χ3v) is 4.31. The van der Waals surface area contributed by atoms with Crippen LogP contribution in [0.2, 0.25) is 0 Å². The number of hydrogen-bond acceptors (Lipinski definition) is 4. The molecule has 1 aromatic rings. The van der Waals surface area contributed by atoms with Crippen LogP contribution in [0.3, 0.4) is 0 Å². The Labute approximate surface area is 157 Å². The first-order chi connectivity index (χ1) is 12.8. The second-order valence-electron chi connectivity index (χ2n) is 6.40. The monoisotopic (exact) mass is 363 g/mol. The maximum absolute atomic E-state index is 5.99. The lowest BCUT2D eigenvalue weighted by molar-refractivity contribution is 0.0168. The Morgan fingerprint density at radius 2 is 2.15 bits per heavy atom. The molecule has 2 rings (SSSR count). The summed E-state index contributed by atoms with van der Waals surface area (Å²) in [6.45, 7) is 5.98. The van der Waals surface area contributed by atoms with Gasteiger partial charge < -0.3 is 24.8 Å². The van der Waals surface area contributed by atoms with E-state index in [9.17, 15) is 0 Å². The number of aliphatic imine (C=N–C) groups is 1. The summed E-state index contributed by atoms with van der Waals surface area (Å²) in [6.07, 6.45) is 4.54. The maximum Gasteiger partial charge on any atom is 0.191 e. The molecule has 1 aromatic carbocycles. The average Bonchev–Trinajstić information content (AvgIpc) is 3.20. The smallest absolute Gasteiger partial charge is 0.191 e. The normalized spacial score (nSPS) is 18.5. The molecule has 0 aromatic heterocycles. The number of nitrogens with zero attached hydrogens (tertiary/aromatic N) is 1. The van der Waals surface area contributed by atoms with Crippen molar-refractivity contribution < 1.29 is 14.2 Å². The van der Waals surface area contributed by atoms with Gasteiger partial charge in [-0.15, -0.1) is 0 Å². The Kier molecular flexibility index (Phi) is 9.90. The van der Waals surface area contributed by atoms with Crippen LogP contribution in [-0.2, 0) is 9.47 Å². The summed E-state index contributed by atoms with van der Waals surface area (Å²) in [7, 11) is 1.78. The summed E-state index contributed by atoms with van der Waals surface area (Å²) in [5.41, 5.74) is 0. The van der Waals surface area contributed by atoms with E-state index in [1.165, 1.54) is 0 Å². The molecule has 1 aliphatic heterocycles. The number of ether oxygens (including phenoxy) is 3. The average molecular weight is 364 g/mol. The van der Waals surface area contributed by atoms with E-state index < -0.39 is 0 Å². The first kappa shape index (κ1) is 20.5. The van der Waals surface area contributed by atoms with Crippen molar-refractivity contribution in [2.24, 2.45) is 4.99 Å². The molecule has 0 spiro atoms. The molecule has 0 bridgehead atoms. The van der Waals surface area contributed by atoms with Gasteiger partial charge in [0.15, 0.2) is 5.96 Å². The lowest BCUT2D eigenvalue weighted by Crippen LogP contribution is -2.42. The van der Waals surface area contributed by atoms with Crippen molar-refractivity contribution in [2.45, 2.75) is 44.8 Å². The van der Waals surface area contributed by atoms with E-state index >= 15 is 0 Å². The number of para-hydroxylation sites is 1. The lowest BCUT2D eigenvalue weighted by atomic mass is 10.2. The molecule has 146 valence electrons. The van der Waals surface area contributed by atoms with Gasteiger partial charge in [-0.3, -0.25) is 4.99 Å². The number of benzene rings is 1. The Morgan fingerprint density at radius 3 is 2.85 bits per heavy atom. The van der Waals surface area contributed by atoms with Crippen molar-refractivity contribution in [3.63, 3.8) is 0 Å². The van der Waals surface area contributed by atoms with Gasteiger partial charge in [-0.2, -0.15) is 0 Å². The van der Waals surface area contributed by atoms with Crippen LogP contribution in [0, 0.1) is 0 Å². The van der Waals surface area contributed by atoms with Crippen LogP contribution in [-0.4, -0.2) is 58.1 Å². The zero-order valence-corrected chi connectivity index (χ0v) is 16.1. The molecule has 6 nitrogen and oxygen atoms in total. The topological polar surface area (TPSA) is 64.1 Å². The second-order valence-corrected chi connectivity index (χ2v) is 6.40. The SMILES string of the molecule is CCC(CNC(=NC)NCCCOCC1CCCO1)Oc1ccccc1. The molecular weight excluding hydrogens is 330 g/mol. The summed E-state index contributed by atoms with van der Waals surface area (Å²) in [5, 5.41) is 6.64. The highest BCUT2D eigenvalue weighted by molar-refractivity contribution is 5.79. The van der Waals surface area contributed by atoms with E-state index in [1.807, 2.05) is 30.3 Å². The fourth-order valence-corrected chi connectivity index (χ4v) is 2.76. The summed E-state index contributed by atoms with van der Waals surface area (Å²) < 4.78 is 17.2. The fourth-order valence-electron chi connectivity index (χ4n) is 2.76. The molecular formula is C20H33N3O3. The van der Waals surface area contributed by atoms with Crippen LogP contribution in [0.15, 0.2) is 35.3 Å². The summed E-state index contributed by atoms with van der Waals surface area (Å²) in [4.78, 5) is 4.26. The van der Waals surface area contributed by atoms with Gasteiger partial charge in [-0.25, -0.2) is 0 Å². The lowest BCUT2D eigenvalue weighted by Gasteiger charge is -2.20. The zero-order valence-electron chi connectivity index (χ0n) is 16.1. The van der Waals surface area contributed by atoms with Crippen molar-refractivity contribution in [3.05, 3.63) is 30.3 Å². The zero-order chi connectivity index (χ0) is 18.5. The van der Waals surface area contributed by atoms with E-state index in [-0.39, 0.29) is 6.10 Å². The standard InChI is InChI=1S/C20H33N3O3/c1-3-17(26-18-9-5-4-6-10-18)15-23-20(21-2)22-12-8-13-24-16-19-11-7-14-25-19/h4-6,9-10,17,19H,3,7-8,11-16H2,1-2H3,(H2,21,22,23). The van der Waals surface area contributed by atoms with Crippen LogP contribution >= 0.6 is 0 Å². The fraction of sp³-hybridized carbons (Fsp3) is 0.650. The molecule has 1 fully saturated rings. The second kappa shape index (κ2) is 12.5. The van der Waals surface area contributed by atoms with Gasteiger partial charge in [0.05, 0.1) is 19.3 Å². The Bertz CT molecular complexity index is 504. The minimum atomic E-state index is 0.102. The molecule has 2 atom stereocenters. The summed E-state index contributed by atoms with van der Waals surface area (Å²) in [6, 6.07) is 9.91. The molecule has 1 heterocycles. The predicted molar refractivity (Wildman–Crippen MR) is 105 cm³/mol. The van der Waals surface area contributed by atoms with Crippen LogP contribution < -0.4 is 15.4 Å². The minimum Gasteiger partial charge on any atom is -0.489 e. The van der Waals surface area contributed by atoms with E-state index in [1.54, 1.807) is 7.05 Å². The molecule has 0 saturated carbocycles. The van der Waals surface area contributed by atoms with Gasteiger partial charge in [0.1, 0.15) is 11.9 Å². The van der Waals surface area contributed by atoms with Crippen molar-refractivity contribution in [3.8, 4) is 5.75 Å². The summed E-state index contributed by atoms with van der Waals surface area (Å²) in [5.74, 6) is 1.69. The molecule has 1 saturated heterocycles. The van der Waals surface area contributed by atoms with Gasteiger partial charge in [-0.1, -0.05) is 25.1 Å². The highest BCUT2D eigenvalue weighted by atomic mass is 16.5. The molecule has 0 radical (unpaired) electrons. The Balaban J connectivity index is 1.56. The molecule has 0 aliphatic carbocycles. The van der Waals surface area contributed by atoms with Gasteiger partial charge in [0, 0.05) is 26.8 Å². The number of hydrogen-bond donors (Lipinski definition) is 2. The molecule has 2 N–H and O–H groups in total. The van der Waals surface area contributed by atoms with Crippen molar-refractivity contribution in [2.75, 3.05) is 40.0 Å². The first-order valence-corrected chi connectivity index (χ1v) is 9.67. The van der Waals surface area contributed by atoms with Gasteiger partial charge in [0.2, 0.25) is 0 Å². The van der Waals surface area contributed by atoms with E-state index in [4.69, 9.17) is 14.2 Å². The van der Waals surface area contributed by atoms with E-state index in [0.29, 0.717) is 19.3 Å². The molecule has 26 heavy (non-hydrogen) atoms. The van der Waals surface area contributed by atoms with Gasteiger partial charge in [-0.05, 0) is 37.8 Å². The quantitative estimate of drug-likeness (QED) is 0.359.